The normalized spacial score (nSPS) is 11.4. The van der Waals surface area contributed by atoms with Gasteiger partial charge in [0.05, 0.1) is 11.2 Å². The van der Waals surface area contributed by atoms with Crippen LogP contribution >= 0.6 is 0 Å². The third-order valence-electron chi connectivity index (χ3n) is 10.3. The average Bonchev–Trinajstić information content (AvgIpc) is 3.26. The number of fused-ring (bicyclic) bond motifs is 4. The van der Waals surface area contributed by atoms with Crippen molar-refractivity contribution >= 4 is 32.4 Å². The molecule has 4 heteroatoms. The summed E-state index contributed by atoms with van der Waals surface area (Å²) in [5.41, 5.74) is 11.6. The van der Waals surface area contributed by atoms with E-state index in [2.05, 4.69) is 134 Å². The van der Waals surface area contributed by atoms with Gasteiger partial charge in [-0.15, -0.1) is 0 Å². The van der Waals surface area contributed by atoms with Crippen molar-refractivity contribution in [2.24, 2.45) is 0 Å². The van der Waals surface area contributed by atoms with Crippen molar-refractivity contribution in [2.75, 3.05) is 0 Å². The van der Waals surface area contributed by atoms with Crippen LogP contribution in [0.4, 0.5) is 0 Å². The zero-order valence-electron chi connectivity index (χ0n) is 30.2. The number of hydrogen-bond donors (Lipinski definition) is 0. The van der Waals surface area contributed by atoms with Crippen LogP contribution in [0.1, 0.15) is 5.56 Å². The SMILES string of the molecule is Cc1ccc(-c2cc(-c3ccc4cc(-c5nc6ccccc6c6ccccc56)ccc4c3)cc(-c3nc(-c4ccccc4)nc(-c4ccccc4)n3)c2)cc1. The molecule has 258 valence electrons. The van der Waals surface area contributed by atoms with Gasteiger partial charge < -0.3 is 0 Å². The van der Waals surface area contributed by atoms with Gasteiger partial charge in [0.2, 0.25) is 0 Å². The van der Waals surface area contributed by atoms with Gasteiger partial charge in [0.25, 0.3) is 0 Å². The van der Waals surface area contributed by atoms with E-state index < -0.39 is 0 Å². The summed E-state index contributed by atoms with van der Waals surface area (Å²) in [6.45, 7) is 2.12. The van der Waals surface area contributed by atoms with Crippen molar-refractivity contribution in [1.82, 2.24) is 19.9 Å². The smallest absolute Gasteiger partial charge is 0.164 e. The van der Waals surface area contributed by atoms with Crippen LogP contribution in [0.2, 0.25) is 0 Å². The summed E-state index contributed by atoms with van der Waals surface area (Å²) >= 11 is 0. The maximum absolute atomic E-state index is 5.16. The molecule has 0 N–H and O–H groups in total. The fourth-order valence-corrected chi connectivity index (χ4v) is 7.47. The summed E-state index contributed by atoms with van der Waals surface area (Å²) in [5.74, 6) is 1.91. The molecule has 0 aliphatic rings. The van der Waals surface area contributed by atoms with E-state index in [0.717, 1.165) is 71.9 Å². The standard InChI is InChI=1S/C51H34N4/c1-33-20-22-34(23-21-33)41-30-42(32-43(31-41)51-54-49(35-12-4-2-5-13-35)53-50(55-51)36-14-6-3-7-15-36)39-25-24-38-29-40(27-26-37(38)28-39)48-46-18-9-8-16-44(46)45-17-10-11-19-47(45)52-48/h2-32H,1H3. The van der Waals surface area contributed by atoms with Crippen LogP contribution in [0.15, 0.2) is 188 Å². The Bertz CT molecular complexity index is 2970. The molecular weight excluding hydrogens is 669 g/mol. The number of hydrogen-bond acceptors (Lipinski definition) is 4. The number of para-hydroxylation sites is 1. The first-order valence-electron chi connectivity index (χ1n) is 18.5. The lowest BCUT2D eigenvalue weighted by Gasteiger charge is -2.13. The van der Waals surface area contributed by atoms with E-state index in [1.807, 2.05) is 60.7 Å². The van der Waals surface area contributed by atoms with Crippen LogP contribution in [-0.4, -0.2) is 19.9 Å². The first-order valence-corrected chi connectivity index (χ1v) is 18.5. The first-order chi connectivity index (χ1) is 27.1. The second-order valence-corrected chi connectivity index (χ2v) is 14.0. The van der Waals surface area contributed by atoms with Crippen molar-refractivity contribution in [3.8, 4) is 67.7 Å². The van der Waals surface area contributed by atoms with E-state index in [9.17, 15) is 0 Å². The van der Waals surface area contributed by atoms with Gasteiger partial charge in [-0.1, -0.05) is 157 Å². The van der Waals surface area contributed by atoms with Crippen molar-refractivity contribution in [1.29, 1.82) is 0 Å². The fraction of sp³-hybridized carbons (Fsp3) is 0.0196. The van der Waals surface area contributed by atoms with E-state index >= 15 is 0 Å². The molecule has 0 spiro atoms. The van der Waals surface area contributed by atoms with Gasteiger partial charge in [0.15, 0.2) is 17.5 Å². The van der Waals surface area contributed by atoms with Crippen LogP contribution in [-0.2, 0) is 0 Å². The summed E-state index contributed by atoms with van der Waals surface area (Å²) in [5, 5.41) is 5.86. The van der Waals surface area contributed by atoms with Crippen LogP contribution in [0.3, 0.4) is 0 Å². The van der Waals surface area contributed by atoms with Gasteiger partial charge in [-0.3, -0.25) is 0 Å². The minimum atomic E-state index is 0.628. The second kappa shape index (κ2) is 13.6. The zero-order valence-corrected chi connectivity index (χ0v) is 30.2. The number of aromatic nitrogens is 4. The molecule has 0 unspecified atom stereocenters. The van der Waals surface area contributed by atoms with Crippen LogP contribution in [0.25, 0.3) is 100 Å². The molecule has 0 atom stereocenters. The van der Waals surface area contributed by atoms with Crippen LogP contribution in [0.5, 0.6) is 0 Å². The van der Waals surface area contributed by atoms with E-state index in [1.54, 1.807) is 0 Å². The number of nitrogens with zero attached hydrogens (tertiary/aromatic N) is 4. The molecule has 0 fully saturated rings. The Balaban J connectivity index is 1.11. The number of pyridine rings is 1. The van der Waals surface area contributed by atoms with Gasteiger partial charge in [0, 0.05) is 33.0 Å². The van der Waals surface area contributed by atoms with Gasteiger partial charge in [0.1, 0.15) is 0 Å². The molecule has 8 aromatic carbocycles. The Hall–Kier alpha value is -7.30. The van der Waals surface area contributed by atoms with Gasteiger partial charge in [-0.25, -0.2) is 19.9 Å². The van der Waals surface area contributed by atoms with Crippen molar-refractivity contribution < 1.29 is 0 Å². The lowest BCUT2D eigenvalue weighted by Crippen LogP contribution is -2.00. The maximum atomic E-state index is 5.16. The van der Waals surface area contributed by atoms with Crippen LogP contribution < -0.4 is 0 Å². The summed E-state index contributed by atoms with van der Waals surface area (Å²) < 4.78 is 0. The molecule has 0 amide bonds. The molecule has 0 bridgehead atoms. The van der Waals surface area contributed by atoms with Crippen molar-refractivity contribution in [3.63, 3.8) is 0 Å². The zero-order chi connectivity index (χ0) is 36.7. The molecular formula is C51H34N4. The lowest BCUT2D eigenvalue weighted by molar-refractivity contribution is 1.07. The highest BCUT2D eigenvalue weighted by Crippen LogP contribution is 2.37. The lowest BCUT2D eigenvalue weighted by atomic mass is 9.93. The monoisotopic (exact) mass is 702 g/mol. The predicted octanol–water partition coefficient (Wildman–Crippen LogP) is 13.0. The highest BCUT2D eigenvalue weighted by molar-refractivity contribution is 6.11. The van der Waals surface area contributed by atoms with Crippen LogP contribution in [0, 0.1) is 6.92 Å². The second-order valence-electron chi connectivity index (χ2n) is 14.0. The molecule has 0 aliphatic heterocycles. The van der Waals surface area contributed by atoms with Gasteiger partial charge >= 0.3 is 0 Å². The minimum absolute atomic E-state index is 0.628. The van der Waals surface area contributed by atoms with Crippen molar-refractivity contribution in [3.05, 3.63) is 194 Å². The number of benzene rings is 8. The Labute approximate surface area is 319 Å². The van der Waals surface area contributed by atoms with Crippen molar-refractivity contribution in [2.45, 2.75) is 6.92 Å². The van der Waals surface area contributed by atoms with Gasteiger partial charge in [-0.2, -0.15) is 0 Å². The highest BCUT2D eigenvalue weighted by atomic mass is 15.0. The number of aryl methyl sites for hydroxylation is 1. The van der Waals surface area contributed by atoms with E-state index in [-0.39, 0.29) is 0 Å². The molecule has 0 aliphatic carbocycles. The Morgan fingerprint density at radius 1 is 0.291 bits per heavy atom. The highest BCUT2D eigenvalue weighted by Gasteiger charge is 2.16. The Morgan fingerprint density at radius 2 is 0.764 bits per heavy atom. The van der Waals surface area contributed by atoms with E-state index in [1.165, 1.54) is 16.3 Å². The molecule has 0 saturated heterocycles. The summed E-state index contributed by atoms with van der Waals surface area (Å²) in [7, 11) is 0. The largest absolute Gasteiger partial charge is 0.247 e. The molecule has 4 nitrogen and oxygen atoms in total. The Kier molecular flexibility index (Phi) is 8.00. The number of rotatable bonds is 6. The maximum Gasteiger partial charge on any atom is 0.164 e. The quantitative estimate of drug-likeness (QED) is 0.162. The molecule has 10 aromatic rings. The minimum Gasteiger partial charge on any atom is -0.247 e. The average molecular weight is 703 g/mol. The fourth-order valence-electron chi connectivity index (χ4n) is 7.47. The first kappa shape index (κ1) is 32.4. The topological polar surface area (TPSA) is 51.6 Å². The molecule has 2 aromatic heterocycles. The predicted molar refractivity (Wildman–Crippen MR) is 227 cm³/mol. The van der Waals surface area contributed by atoms with E-state index in [4.69, 9.17) is 19.9 Å². The molecule has 10 rings (SSSR count). The third kappa shape index (κ3) is 6.20. The molecule has 2 heterocycles. The molecule has 55 heavy (non-hydrogen) atoms. The summed E-state index contributed by atoms with van der Waals surface area (Å²) in [6, 6.07) is 65.9. The molecule has 0 saturated carbocycles. The summed E-state index contributed by atoms with van der Waals surface area (Å²) in [4.78, 5) is 20.3. The third-order valence-corrected chi connectivity index (χ3v) is 10.3. The van der Waals surface area contributed by atoms with E-state index in [0.29, 0.717) is 17.5 Å². The Morgan fingerprint density at radius 3 is 1.42 bits per heavy atom. The molecule has 0 radical (unpaired) electrons. The van der Waals surface area contributed by atoms with Gasteiger partial charge in [-0.05, 0) is 81.7 Å². The summed E-state index contributed by atoms with van der Waals surface area (Å²) in [6.07, 6.45) is 0.